The van der Waals surface area contributed by atoms with Gasteiger partial charge in [0, 0.05) is 5.56 Å². The minimum atomic E-state index is -6.00. The number of rotatable bonds is 8. The maximum absolute atomic E-state index is 12.1. The van der Waals surface area contributed by atoms with Crippen LogP contribution in [0.25, 0.3) is 0 Å². The van der Waals surface area contributed by atoms with E-state index in [4.69, 9.17) is 19.0 Å². The zero-order valence-corrected chi connectivity index (χ0v) is 17.8. The number of benzene rings is 1. The van der Waals surface area contributed by atoms with Gasteiger partial charge in [0.05, 0.1) is 33.8 Å². The lowest BCUT2D eigenvalue weighted by Gasteiger charge is -2.27. The van der Waals surface area contributed by atoms with Crippen molar-refractivity contribution in [1.29, 1.82) is 0 Å². The first-order chi connectivity index (χ1) is 15.1. The lowest BCUT2D eigenvalue weighted by molar-refractivity contribution is -0.671. The molecule has 1 aromatic carbocycles. The van der Waals surface area contributed by atoms with E-state index in [1.54, 1.807) is 14.0 Å². The molecule has 0 bridgehead atoms. The number of aromatic nitrogens is 2. The van der Waals surface area contributed by atoms with Crippen LogP contribution in [0.3, 0.4) is 0 Å². The molecule has 0 fully saturated rings. The molecule has 0 N–H and O–H groups in total. The van der Waals surface area contributed by atoms with Crippen LogP contribution in [0.4, 0.5) is 17.3 Å². The highest BCUT2D eigenvalue weighted by Gasteiger charge is 2.45. The SMILES string of the molecule is CCOC(=O)C1=NOC(OCCn2cc[n+](C)c2)(c2cccc(OC)c2)C1.F[B-](F)(F)F. The van der Waals surface area contributed by atoms with E-state index in [9.17, 15) is 22.1 Å². The fourth-order valence-corrected chi connectivity index (χ4v) is 2.86. The molecule has 0 aliphatic carbocycles. The summed E-state index contributed by atoms with van der Waals surface area (Å²) in [7, 11) is -2.45. The van der Waals surface area contributed by atoms with E-state index in [0.717, 1.165) is 5.56 Å². The second-order valence-corrected chi connectivity index (χ2v) is 6.67. The lowest BCUT2D eigenvalue weighted by atomic mass is 10.00. The van der Waals surface area contributed by atoms with E-state index in [1.807, 2.05) is 59.2 Å². The molecule has 1 aliphatic rings. The first-order valence-electron chi connectivity index (χ1n) is 9.65. The Morgan fingerprint density at radius 3 is 2.66 bits per heavy atom. The van der Waals surface area contributed by atoms with Crippen LogP contribution in [0.5, 0.6) is 5.75 Å². The Morgan fingerprint density at radius 1 is 1.34 bits per heavy atom. The maximum Gasteiger partial charge on any atom is 0.673 e. The molecule has 1 unspecified atom stereocenters. The van der Waals surface area contributed by atoms with Gasteiger partial charge in [-0.1, -0.05) is 17.3 Å². The minimum Gasteiger partial charge on any atom is -0.497 e. The first-order valence-corrected chi connectivity index (χ1v) is 9.65. The molecule has 32 heavy (non-hydrogen) atoms. The smallest absolute Gasteiger partial charge is 0.497 e. The summed E-state index contributed by atoms with van der Waals surface area (Å²) in [6.45, 7) is 3.02. The number of carbonyl (C=O) groups excluding carboxylic acids is 1. The third-order valence-electron chi connectivity index (χ3n) is 4.23. The lowest BCUT2D eigenvalue weighted by Crippen LogP contribution is -2.33. The molecule has 0 amide bonds. The van der Waals surface area contributed by atoms with Crippen LogP contribution in [0.1, 0.15) is 18.9 Å². The van der Waals surface area contributed by atoms with Crippen molar-refractivity contribution in [3.8, 4) is 5.75 Å². The van der Waals surface area contributed by atoms with Gasteiger partial charge >= 0.3 is 13.2 Å². The van der Waals surface area contributed by atoms with Crippen LogP contribution in [0, 0.1) is 0 Å². The third kappa shape index (κ3) is 7.55. The van der Waals surface area contributed by atoms with Gasteiger partial charge in [-0.2, -0.15) is 0 Å². The number of hydrogen-bond acceptors (Lipinski definition) is 6. The number of methoxy groups -OCH3 is 1. The van der Waals surface area contributed by atoms with Gasteiger partial charge in [0.15, 0.2) is 5.71 Å². The van der Waals surface area contributed by atoms with Crippen molar-refractivity contribution in [1.82, 2.24) is 4.57 Å². The molecule has 0 radical (unpaired) electrons. The fourth-order valence-electron chi connectivity index (χ4n) is 2.86. The van der Waals surface area contributed by atoms with Gasteiger partial charge in [0.25, 0.3) is 5.79 Å². The molecule has 1 atom stereocenters. The molecule has 0 saturated heterocycles. The summed E-state index contributed by atoms with van der Waals surface area (Å²) in [5, 5.41) is 3.93. The third-order valence-corrected chi connectivity index (χ3v) is 4.23. The predicted octanol–water partition coefficient (Wildman–Crippen LogP) is 2.83. The van der Waals surface area contributed by atoms with E-state index in [2.05, 4.69) is 5.16 Å². The number of oxime groups is 1. The summed E-state index contributed by atoms with van der Waals surface area (Å²) >= 11 is 0. The van der Waals surface area contributed by atoms with Crippen LogP contribution in [-0.4, -0.2) is 43.8 Å². The Balaban J connectivity index is 0.000000654. The average molecular weight is 461 g/mol. The molecule has 1 aromatic heterocycles. The van der Waals surface area contributed by atoms with Gasteiger partial charge in [0.1, 0.15) is 24.7 Å². The van der Waals surface area contributed by atoms with E-state index < -0.39 is 19.0 Å². The van der Waals surface area contributed by atoms with Gasteiger partial charge in [-0.15, -0.1) is 0 Å². The number of hydrogen-bond donors (Lipinski definition) is 0. The van der Waals surface area contributed by atoms with Crippen molar-refractivity contribution >= 4 is 18.9 Å². The van der Waals surface area contributed by atoms with Crippen LogP contribution in [0.15, 0.2) is 48.1 Å². The number of aryl methyl sites for hydroxylation is 1. The fraction of sp³-hybridized carbons (Fsp3) is 0.421. The largest absolute Gasteiger partial charge is 0.673 e. The van der Waals surface area contributed by atoms with Crippen LogP contribution >= 0.6 is 0 Å². The van der Waals surface area contributed by atoms with Crippen molar-refractivity contribution in [2.24, 2.45) is 12.2 Å². The topological polar surface area (TPSA) is 75.2 Å². The Labute approximate surface area is 182 Å². The number of imidazole rings is 1. The number of halogens is 4. The van der Waals surface area contributed by atoms with Crippen LogP contribution in [0.2, 0.25) is 0 Å². The van der Waals surface area contributed by atoms with Crippen molar-refractivity contribution in [2.75, 3.05) is 20.3 Å². The van der Waals surface area contributed by atoms with E-state index in [-0.39, 0.29) is 18.7 Å². The molecule has 2 heterocycles. The molecule has 13 heteroatoms. The summed E-state index contributed by atoms with van der Waals surface area (Å²) in [6, 6.07) is 7.36. The van der Waals surface area contributed by atoms with Gasteiger partial charge in [0.2, 0.25) is 6.33 Å². The molecule has 8 nitrogen and oxygen atoms in total. The predicted molar refractivity (Wildman–Crippen MR) is 106 cm³/mol. The summed E-state index contributed by atoms with van der Waals surface area (Å²) in [5.41, 5.74) is 0.926. The maximum atomic E-state index is 12.1. The van der Waals surface area contributed by atoms with Gasteiger partial charge in [-0.05, 0) is 19.1 Å². The molecule has 176 valence electrons. The highest BCUT2D eigenvalue weighted by atomic mass is 19.5. The summed E-state index contributed by atoms with van der Waals surface area (Å²) in [6.07, 6.45) is 6.03. The summed E-state index contributed by atoms with van der Waals surface area (Å²) < 4.78 is 59.4. The average Bonchev–Trinajstić information content (AvgIpc) is 3.34. The Hall–Kier alpha value is -3.09. The standard InChI is InChI=1S/C19H24N3O5.BF4/c1-4-25-18(23)17-13-19(27-20-17,15-6-5-7-16(12-15)24-3)26-11-10-22-9-8-21(2)14-22;2-1(3,4)5/h5-9,12,14H,4,10-11,13H2,1-3H3;/q+1;-1. The van der Waals surface area contributed by atoms with Gasteiger partial charge in [-0.25, -0.2) is 13.9 Å². The van der Waals surface area contributed by atoms with Gasteiger partial charge < -0.3 is 36.3 Å². The van der Waals surface area contributed by atoms with Crippen molar-refractivity contribution in [3.05, 3.63) is 48.5 Å². The second kappa shape index (κ2) is 11.0. The zero-order chi connectivity index (χ0) is 23.8. The van der Waals surface area contributed by atoms with Crippen molar-refractivity contribution < 1.29 is 45.7 Å². The van der Waals surface area contributed by atoms with Crippen molar-refractivity contribution in [3.63, 3.8) is 0 Å². The molecule has 3 rings (SSSR count). The summed E-state index contributed by atoms with van der Waals surface area (Å²) in [5.74, 6) is -1.02. The van der Waals surface area contributed by atoms with E-state index in [1.165, 1.54) is 0 Å². The van der Waals surface area contributed by atoms with Crippen LogP contribution in [-0.2, 0) is 38.5 Å². The number of carbonyl (C=O) groups is 1. The molecule has 2 aromatic rings. The highest BCUT2D eigenvalue weighted by molar-refractivity contribution is 6.50. The number of nitrogens with zero attached hydrogens (tertiary/aromatic N) is 3. The van der Waals surface area contributed by atoms with Gasteiger partial charge in [-0.3, -0.25) is 0 Å². The monoisotopic (exact) mass is 461 g/mol. The Kier molecular flexibility index (Phi) is 8.64. The Bertz CT molecular complexity index is 932. The van der Waals surface area contributed by atoms with E-state index in [0.29, 0.717) is 18.9 Å². The van der Waals surface area contributed by atoms with Crippen LogP contribution < -0.4 is 9.30 Å². The minimum absolute atomic E-state index is 0.165. The first kappa shape index (κ1) is 25.2. The zero-order valence-electron chi connectivity index (χ0n) is 17.8. The van der Waals surface area contributed by atoms with E-state index >= 15 is 0 Å². The molecular weight excluding hydrogens is 437 g/mol. The summed E-state index contributed by atoms with van der Waals surface area (Å²) in [4.78, 5) is 17.7. The molecule has 0 saturated carbocycles. The quantitative estimate of drug-likeness (QED) is 0.262. The molecular formula is C19H24BF4N3O5. The number of esters is 1. The van der Waals surface area contributed by atoms with Crippen molar-refractivity contribution in [2.45, 2.75) is 25.7 Å². The Morgan fingerprint density at radius 2 is 2.06 bits per heavy atom. The highest BCUT2D eigenvalue weighted by Crippen LogP contribution is 2.38. The normalized spacial score (nSPS) is 17.7. The molecule has 1 aliphatic heterocycles. The number of ether oxygens (including phenoxy) is 3. The molecule has 0 spiro atoms. The second-order valence-electron chi connectivity index (χ2n) is 6.67.